The number of rotatable bonds is 2. The number of H-pyrrole nitrogens is 1. The first-order valence-corrected chi connectivity index (χ1v) is 4.85. The number of nitrogens with one attached hydrogen (secondary N) is 1. The SMILES string of the molecule is Cc1cc(Oc2cn[nH]n2)ccc1Br. The highest BCUT2D eigenvalue weighted by Crippen LogP contribution is 2.24. The molecule has 1 aromatic carbocycles. The van der Waals surface area contributed by atoms with E-state index in [2.05, 4.69) is 31.3 Å². The van der Waals surface area contributed by atoms with Gasteiger partial charge in [-0.25, -0.2) is 0 Å². The molecule has 0 saturated heterocycles. The topological polar surface area (TPSA) is 50.8 Å². The number of halogens is 1. The van der Waals surface area contributed by atoms with Crippen molar-refractivity contribution >= 4 is 15.9 Å². The summed E-state index contributed by atoms with van der Waals surface area (Å²) >= 11 is 3.42. The fourth-order valence-electron chi connectivity index (χ4n) is 1.04. The third-order valence-electron chi connectivity index (χ3n) is 1.74. The average molecular weight is 254 g/mol. The lowest BCUT2D eigenvalue weighted by Gasteiger charge is -2.03. The second-order valence-electron chi connectivity index (χ2n) is 2.82. The Balaban J connectivity index is 2.22. The molecule has 2 rings (SSSR count). The quantitative estimate of drug-likeness (QED) is 0.896. The summed E-state index contributed by atoms with van der Waals surface area (Å²) in [6.07, 6.45) is 1.53. The van der Waals surface area contributed by atoms with Crippen molar-refractivity contribution < 1.29 is 4.74 Å². The molecule has 0 atom stereocenters. The molecule has 0 fully saturated rings. The smallest absolute Gasteiger partial charge is 0.258 e. The van der Waals surface area contributed by atoms with Gasteiger partial charge in [0.2, 0.25) is 0 Å². The minimum atomic E-state index is 0.465. The number of hydrogen-bond donors (Lipinski definition) is 1. The Morgan fingerprint density at radius 1 is 1.43 bits per heavy atom. The molecule has 1 N–H and O–H groups in total. The van der Waals surface area contributed by atoms with Crippen LogP contribution in [-0.2, 0) is 0 Å². The summed E-state index contributed by atoms with van der Waals surface area (Å²) in [5, 5.41) is 9.92. The van der Waals surface area contributed by atoms with Gasteiger partial charge in [-0.05, 0) is 30.7 Å². The van der Waals surface area contributed by atoms with Crippen molar-refractivity contribution in [2.45, 2.75) is 6.92 Å². The van der Waals surface area contributed by atoms with Crippen molar-refractivity contribution in [2.24, 2.45) is 0 Å². The maximum Gasteiger partial charge on any atom is 0.258 e. The average Bonchev–Trinajstić information content (AvgIpc) is 2.64. The molecule has 0 amide bonds. The minimum Gasteiger partial charge on any atom is -0.436 e. The lowest BCUT2D eigenvalue weighted by atomic mass is 10.2. The molecule has 5 heteroatoms. The Morgan fingerprint density at radius 2 is 2.29 bits per heavy atom. The third kappa shape index (κ3) is 1.93. The zero-order chi connectivity index (χ0) is 9.97. The number of nitrogens with zero attached hydrogens (tertiary/aromatic N) is 2. The summed E-state index contributed by atoms with van der Waals surface area (Å²) in [5.74, 6) is 1.21. The van der Waals surface area contributed by atoms with E-state index in [1.54, 1.807) is 0 Å². The largest absolute Gasteiger partial charge is 0.436 e. The van der Waals surface area contributed by atoms with E-state index in [4.69, 9.17) is 4.74 Å². The predicted octanol–water partition coefficient (Wildman–Crippen LogP) is 2.67. The van der Waals surface area contributed by atoms with Crippen LogP contribution in [0.4, 0.5) is 0 Å². The molecule has 1 aromatic heterocycles. The van der Waals surface area contributed by atoms with Gasteiger partial charge in [-0.15, -0.1) is 5.10 Å². The van der Waals surface area contributed by atoms with Crippen LogP contribution in [0.15, 0.2) is 28.9 Å². The van der Waals surface area contributed by atoms with Gasteiger partial charge in [0, 0.05) is 4.47 Å². The van der Waals surface area contributed by atoms with Crippen LogP contribution >= 0.6 is 15.9 Å². The standard InChI is InChI=1S/C9H8BrN3O/c1-6-4-7(2-3-8(6)10)14-9-5-11-13-12-9/h2-5H,1H3,(H,11,12,13). The van der Waals surface area contributed by atoms with E-state index in [0.29, 0.717) is 5.88 Å². The summed E-state index contributed by atoms with van der Waals surface area (Å²) in [6, 6.07) is 5.73. The fraction of sp³-hybridized carbons (Fsp3) is 0.111. The van der Waals surface area contributed by atoms with Gasteiger partial charge in [0.1, 0.15) is 11.9 Å². The Kier molecular flexibility index (Phi) is 2.49. The molecule has 0 bridgehead atoms. The highest BCUT2D eigenvalue weighted by molar-refractivity contribution is 9.10. The van der Waals surface area contributed by atoms with Crippen LogP contribution < -0.4 is 4.74 Å². The molecule has 2 aromatic rings. The molecule has 0 radical (unpaired) electrons. The van der Waals surface area contributed by atoms with E-state index < -0.39 is 0 Å². The molecule has 0 unspecified atom stereocenters. The van der Waals surface area contributed by atoms with Crippen LogP contribution in [0.5, 0.6) is 11.6 Å². The fourth-order valence-corrected chi connectivity index (χ4v) is 1.29. The minimum absolute atomic E-state index is 0.465. The molecular formula is C9H8BrN3O. The summed E-state index contributed by atoms with van der Waals surface area (Å²) in [7, 11) is 0. The molecule has 4 nitrogen and oxygen atoms in total. The van der Waals surface area contributed by atoms with Crippen LogP contribution in [0.25, 0.3) is 0 Å². The zero-order valence-corrected chi connectivity index (χ0v) is 9.08. The van der Waals surface area contributed by atoms with Crippen LogP contribution in [0.1, 0.15) is 5.56 Å². The maximum atomic E-state index is 5.43. The molecule has 0 aliphatic carbocycles. The van der Waals surface area contributed by atoms with Crippen LogP contribution in [-0.4, -0.2) is 15.4 Å². The number of ether oxygens (including phenoxy) is 1. The first-order chi connectivity index (χ1) is 6.75. The van der Waals surface area contributed by atoms with Crippen molar-refractivity contribution in [3.05, 3.63) is 34.4 Å². The molecule has 0 spiro atoms. The van der Waals surface area contributed by atoms with Crippen molar-refractivity contribution in [1.82, 2.24) is 15.4 Å². The maximum absolute atomic E-state index is 5.43. The molecule has 0 aliphatic heterocycles. The van der Waals surface area contributed by atoms with E-state index in [-0.39, 0.29) is 0 Å². The van der Waals surface area contributed by atoms with Gasteiger partial charge >= 0.3 is 0 Å². The predicted molar refractivity (Wildman–Crippen MR) is 55.3 cm³/mol. The summed E-state index contributed by atoms with van der Waals surface area (Å²) in [4.78, 5) is 0. The van der Waals surface area contributed by atoms with E-state index in [9.17, 15) is 0 Å². The van der Waals surface area contributed by atoms with Crippen LogP contribution in [0, 0.1) is 6.92 Å². The highest BCUT2D eigenvalue weighted by Gasteiger charge is 2.01. The monoisotopic (exact) mass is 253 g/mol. The van der Waals surface area contributed by atoms with Crippen molar-refractivity contribution in [1.29, 1.82) is 0 Å². The van der Waals surface area contributed by atoms with Crippen molar-refractivity contribution in [3.63, 3.8) is 0 Å². The molecule has 0 saturated carbocycles. The van der Waals surface area contributed by atoms with Gasteiger partial charge in [-0.1, -0.05) is 15.9 Å². The number of benzene rings is 1. The van der Waals surface area contributed by atoms with E-state index in [1.165, 1.54) is 6.20 Å². The van der Waals surface area contributed by atoms with Gasteiger partial charge in [-0.2, -0.15) is 10.3 Å². The molecule has 1 heterocycles. The first-order valence-electron chi connectivity index (χ1n) is 4.05. The first kappa shape index (κ1) is 9.21. The van der Waals surface area contributed by atoms with Crippen LogP contribution in [0.3, 0.4) is 0 Å². The Morgan fingerprint density at radius 3 is 2.93 bits per heavy atom. The zero-order valence-electron chi connectivity index (χ0n) is 7.49. The Bertz CT molecular complexity index is 428. The van der Waals surface area contributed by atoms with Gasteiger partial charge < -0.3 is 4.74 Å². The second-order valence-corrected chi connectivity index (χ2v) is 3.68. The summed E-state index contributed by atoms with van der Waals surface area (Å²) < 4.78 is 6.49. The van der Waals surface area contributed by atoms with Crippen LogP contribution in [0.2, 0.25) is 0 Å². The van der Waals surface area contributed by atoms with Gasteiger partial charge in [0.15, 0.2) is 0 Å². The molecule has 72 valence electrons. The summed E-state index contributed by atoms with van der Waals surface area (Å²) in [5.41, 5.74) is 1.12. The van der Waals surface area contributed by atoms with Gasteiger partial charge in [0.05, 0.1) is 0 Å². The number of aromatic amines is 1. The van der Waals surface area contributed by atoms with Gasteiger partial charge in [-0.3, -0.25) is 0 Å². The second kappa shape index (κ2) is 3.79. The molecular weight excluding hydrogens is 246 g/mol. The lowest BCUT2D eigenvalue weighted by molar-refractivity contribution is 0.461. The van der Waals surface area contributed by atoms with Crippen molar-refractivity contribution in [3.8, 4) is 11.6 Å². The molecule has 14 heavy (non-hydrogen) atoms. The summed E-state index contributed by atoms with van der Waals surface area (Å²) in [6.45, 7) is 2.00. The lowest BCUT2D eigenvalue weighted by Crippen LogP contribution is -1.85. The molecule has 0 aliphatic rings. The Labute approximate surface area is 89.4 Å². The highest BCUT2D eigenvalue weighted by atomic mass is 79.9. The van der Waals surface area contributed by atoms with E-state index >= 15 is 0 Å². The van der Waals surface area contributed by atoms with Gasteiger partial charge in [0.25, 0.3) is 5.88 Å². The number of aryl methyl sites for hydroxylation is 1. The van der Waals surface area contributed by atoms with E-state index in [0.717, 1.165) is 15.8 Å². The Hall–Kier alpha value is -1.36. The third-order valence-corrected chi connectivity index (χ3v) is 2.63. The number of aromatic nitrogens is 3. The van der Waals surface area contributed by atoms with E-state index in [1.807, 2.05) is 25.1 Å². The van der Waals surface area contributed by atoms with Crippen molar-refractivity contribution in [2.75, 3.05) is 0 Å². The normalized spacial score (nSPS) is 10.1. The number of hydrogen-bond acceptors (Lipinski definition) is 3.